The first-order chi connectivity index (χ1) is 18.8. The van der Waals surface area contributed by atoms with Crippen LogP contribution in [0.1, 0.15) is 27.0 Å². The second-order valence-electron chi connectivity index (χ2n) is 8.11. The molecule has 0 heterocycles. The van der Waals surface area contributed by atoms with Crippen LogP contribution in [0, 0.1) is 21.4 Å². The van der Waals surface area contributed by atoms with Crippen LogP contribution < -0.4 is 14.8 Å². The number of anilines is 1. The molecule has 0 bridgehead atoms. The number of ether oxygens (including phenoxy) is 3. The second-order valence-corrected chi connectivity index (χ2v) is 8.11. The molecule has 10 heteroatoms. The molecular formula is C29H25N3O7. The fourth-order valence-corrected chi connectivity index (χ4v) is 3.58. The van der Waals surface area contributed by atoms with Gasteiger partial charge in [-0.2, -0.15) is 5.26 Å². The molecule has 39 heavy (non-hydrogen) atoms. The van der Waals surface area contributed by atoms with Crippen molar-refractivity contribution in [3.05, 3.63) is 111 Å². The van der Waals surface area contributed by atoms with Crippen LogP contribution >= 0.6 is 0 Å². The van der Waals surface area contributed by atoms with Crippen molar-refractivity contribution in [2.75, 3.05) is 19.5 Å². The Morgan fingerprint density at radius 3 is 2.36 bits per heavy atom. The number of nitrogens with zero attached hydrogens (tertiary/aromatic N) is 2. The highest BCUT2D eigenvalue weighted by Crippen LogP contribution is 2.35. The van der Waals surface area contributed by atoms with E-state index < -0.39 is 16.8 Å². The van der Waals surface area contributed by atoms with E-state index in [-0.39, 0.29) is 17.9 Å². The van der Waals surface area contributed by atoms with E-state index in [9.17, 15) is 25.0 Å². The van der Waals surface area contributed by atoms with Gasteiger partial charge in [0.05, 0.1) is 24.7 Å². The average molecular weight is 528 g/mol. The summed E-state index contributed by atoms with van der Waals surface area (Å²) < 4.78 is 16.2. The van der Waals surface area contributed by atoms with E-state index in [0.717, 1.165) is 5.56 Å². The standard InChI is InChI=1S/C29H25N3O7/c1-4-5-22-14-20(15-23(17-30)28(33)31-24-10-8-21(9-11-24)29(34)38-3)16-26(37-2)27(22)39-18-19-6-12-25(13-7-19)32(35)36/h4,6-16H,1,5,18H2,2-3H3,(H,31,33)/b23-15+. The molecule has 0 aromatic heterocycles. The molecular weight excluding hydrogens is 502 g/mol. The molecule has 3 aromatic rings. The number of nitro groups is 1. The Morgan fingerprint density at radius 2 is 1.79 bits per heavy atom. The van der Waals surface area contributed by atoms with Crippen LogP contribution in [0.3, 0.4) is 0 Å². The molecule has 0 aliphatic rings. The third-order valence-corrected chi connectivity index (χ3v) is 5.51. The summed E-state index contributed by atoms with van der Waals surface area (Å²) in [7, 11) is 2.74. The van der Waals surface area contributed by atoms with Gasteiger partial charge in [-0.05, 0) is 72.2 Å². The number of rotatable bonds is 11. The first kappa shape index (κ1) is 28.1. The molecule has 198 valence electrons. The number of benzene rings is 3. The number of carbonyl (C=O) groups excluding carboxylic acids is 2. The van der Waals surface area contributed by atoms with Gasteiger partial charge in [-0.1, -0.05) is 6.08 Å². The third kappa shape index (κ3) is 7.30. The van der Waals surface area contributed by atoms with E-state index in [1.165, 1.54) is 56.7 Å². The number of nitrogens with one attached hydrogen (secondary N) is 1. The number of amides is 1. The number of allylic oxidation sites excluding steroid dienone is 1. The zero-order valence-corrected chi connectivity index (χ0v) is 21.3. The zero-order chi connectivity index (χ0) is 28.4. The summed E-state index contributed by atoms with van der Waals surface area (Å²) in [6.45, 7) is 3.91. The predicted octanol–water partition coefficient (Wildman–Crippen LogP) is 5.24. The van der Waals surface area contributed by atoms with Crippen LogP contribution in [-0.4, -0.2) is 31.0 Å². The van der Waals surface area contributed by atoms with E-state index in [1.54, 1.807) is 30.3 Å². The van der Waals surface area contributed by atoms with Crippen molar-refractivity contribution in [1.29, 1.82) is 5.26 Å². The average Bonchev–Trinajstić information content (AvgIpc) is 2.95. The van der Waals surface area contributed by atoms with Crippen molar-refractivity contribution >= 4 is 29.3 Å². The van der Waals surface area contributed by atoms with Gasteiger partial charge in [0.2, 0.25) is 0 Å². The largest absolute Gasteiger partial charge is 0.493 e. The summed E-state index contributed by atoms with van der Waals surface area (Å²) in [6, 6.07) is 17.4. The molecule has 1 amide bonds. The molecule has 0 radical (unpaired) electrons. The molecule has 3 aromatic carbocycles. The van der Waals surface area contributed by atoms with Crippen LogP contribution in [-0.2, 0) is 22.6 Å². The highest BCUT2D eigenvalue weighted by molar-refractivity contribution is 6.09. The van der Waals surface area contributed by atoms with Crippen molar-refractivity contribution in [2.24, 2.45) is 0 Å². The molecule has 0 aliphatic carbocycles. The molecule has 10 nitrogen and oxygen atoms in total. The number of non-ortho nitro benzene ring substituents is 1. The Bertz CT molecular complexity index is 1450. The molecule has 1 N–H and O–H groups in total. The van der Waals surface area contributed by atoms with Crippen molar-refractivity contribution in [1.82, 2.24) is 0 Å². The molecule has 0 aliphatic heterocycles. The lowest BCUT2D eigenvalue weighted by Crippen LogP contribution is -2.13. The Kier molecular flexibility index (Phi) is 9.53. The lowest BCUT2D eigenvalue weighted by Gasteiger charge is -2.16. The molecule has 0 saturated carbocycles. The van der Waals surface area contributed by atoms with Crippen molar-refractivity contribution in [3.63, 3.8) is 0 Å². The van der Waals surface area contributed by atoms with E-state index in [0.29, 0.717) is 40.3 Å². The normalized spacial score (nSPS) is 10.6. The first-order valence-corrected chi connectivity index (χ1v) is 11.6. The minimum absolute atomic E-state index is 0.0182. The van der Waals surface area contributed by atoms with Gasteiger partial charge < -0.3 is 19.5 Å². The molecule has 0 unspecified atom stereocenters. The fraction of sp³-hybridized carbons (Fsp3) is 0.138. The maximum atomic E-state index is 12.8. The number of hydrogen-bond acceptors (Lipinski definition) is 8. The monoisotopic (exact) mass is 527 g/mol. The van der Waals surface area contributed by atoms with Crippen LogP contribution in [0.25, 0.3) is 6.08 Å². The summed E-state index contributed by atoms with van der Waals surface area (Å²) in [5.41, 5.74) is 2.50. The first-order valence-electron chi connectivity index (χ1n) is 11.6. The zero-order valence-electron chi connectivity index (χ0n) is 21.3. The van der Waals surface area contributed by atoms with Gasteiger partial charge in [0, 0.05) is 23.4 Å². The summed E-state index contributed by atoms with van der Waals surface area (Å²) in [5, 5.41) is 23.2. The summed E-state index contributed by atoms with van der Waals surface area (Å²) in [6.07, 6.45) is 3.51. The molecule has 3 rings (SSSR count). The predicted molar refractivity (Wildman–Crippen MR) is 144 cm³/mol. The number of carbonyl (C=O) groups is 2. The smallest absolute Gasteiger partial charge is 0.337 e. The highest BCUT2D eigenvalue weighted by atomic mass is 16.6. The van der Waals surface area contributed by atoms with Crippen LogP contribution in [0.2, 0.25) is 0 Å². The van der Waals surface area contributed by atoms with Crippen molar-refractivity contribution < 1.29 is 28.7 Å². The number of esters is 1. The van der Waals surface area contributed by atoms with Gasteiger partial charge in [-0.15, -0.1) is 6.58 Å². The van der Waals surface area contributed by atoms with E-state index >= 15 is 0 Å². The molecule has 0 fully saturated rings. The minimum atomic E-state index is -0.633. The Morgan fingerprint density at radius 1 is 1.10 bits per heavy atom. The number of methoxy groups -OCH3 is 2. The van der Waals surface area contributed by atoms with Gasteiger partial charge in [0.15, 0.2) is 11.5 Å². The SMILES string of the molecule is C=CCc1cc(/C=C(\C#N)C(=O)Nc2ccc(C(=O)OC)cc2)cc(OC)c1OCc1ccc([N+](=O)[O-])cc1. The molecule has 0 atom stereocenters. The van der Waals surface area contributed by atoms with E-state index in [2.05, 4.69) is 16.6 Å². The van der Waals surface area contributed by atoms with Gasteiger partial charge in [-0.25, -0.2) is 4.79 Å². The number of nitriles is 1. The van der Waals surface area contributed by atoms with Crippen LogP contribution in [0.5, 0.6) is 11.5 Å². The summed E-state index contributed by atoms with van der Waals surface area (Å²) in [4.78, 5) is 34.8. The molecule has 0 spiro atoms. The number of nitro benzene ring substituents is 1. The second kappa shape index (κ2) is 13.2. The van der Waals surface area contributed by atoms with Crippen LogP contribution in [0.4, 0.5) is 11.4 Å². The molecule has 0 saturated heterocycles. The van der Waals surface area contributed by atoms with Gasteiger partial charge in [-0.3, -0.25) is 14.9 Å². The Balaban J connectivity index is 1.84. The van der Waals surface area contributed by atoms with Crippen LogP contribution in [0.15, 0.2) is 78.9 Å². The maximum Gasteiger partial charge on any atom is 0.337 e. The van der Waals surface area contributed by atoms with Gasteiger partial charge in [0.25, 0.3) is 11.6 Å². The summed E-state index contributed by atoms with van der Waals surface area (Å²) >= 11 is 0. The van der Waals surface area contributed by atoms with Crippen molar-refractivity contribution in [3.8, 4) is 17.6 Å². The Labute approximate surface area is 224 Å². The van der Waals surface area contributed by atoms with E-state index in [1.807, 2.05) is 6.07 Å². The van der Waals surface area contributed by atoms with E-state index in [4.69, 9.17) is 9.47 Å². The Hall–Kier alpha value is -5.43. The third-order valence-electron chi connectivity index (χ3n) is 5.51. The lowest BCUT2D eigenvalue weighted by molar-refractivity contribution is -0.384. The fourth-order valence-electron chi connectivity index (χ4n) is 3.58. The minimum Gasteiger partial charge on any atom is -0.493 e. The van der Waals surface area contributed by atoms with Crippen molar-refractivity contribution in [2.45, 2.75) is 13.0 Å². The van der Waals surface area contributed by atoms with Gasteiger partial charge >= 0.3 is 5.97 Å². The van der Waals surface area contributed by atoms with Gasteiger partial charge in [0.1, 0.15) is 18.2 Å². The highest BCUT2D eigenvalue weighted by Gasteiger charge is 2.16. The summed E-state index contributed by atoms with van der Waals surface area (Å²) in [5.74, 6) is -0.318. The topological polar surface area (TPSA) is 141 Å². The lowest BCUT2D eigenvalue weighted by atomic mass is 10.0. The maximum absolute atomic E-state index is 12.8. The quantitative estimate of drug-likeness (QED) is 0.0891. The number of hydrogen-bond donors (Lipinski definition) is 1.